The van der Waals surface area contributed by atoms with Crippen LogP contribution in [0.5, 0.6) is 0 Å². The van der Waals surface area contributed by atoms with Crippen molar-refractivity contribution in [3.63, 3.8) is 0 Å². The van der Waals surface area contributed by atoms with Crippen LogP contribution in [0.3, 0.4) is 0 Å². The minimum absolute atomic E-state index is 0.250. The summed E-state index contributed by atoms with van der Waals surface area (Å²) in [7, 11) is 1.62. The van der Waals surface area contributed by atoms with Gasteiger partial charge in [0.1, 0.15) is 11.9 Å². The van der Waals surface area contributed by atoms with Crippen molar-refractivity contribution in [1.82, 2.24) is 20.2 Å². The van der Waals surface area contributed by atoms with Crippen molar-refractivity contribution in [1.29, 1.82) is 0 Å². The summed E-state index contributed by atoms with van der Waals surface area (Å²) in [4.78, 5) is 51.0. The van der Waals surface area contributed by atoms with E-state index in [0.29, 0.717) is 22.9 Å². The molecule has 0 spiro atoms. The van der Waals surface area contributed by atoms with Crippen molar-refractivity contribution in [2.24, 2.45) is 5.92 Å². The molecule has 1 aliphatic heterocycles. The normalized spacial score (nSPS) is 17.6. The monoisotopic (exact) mass is 520 g/mol. The average molecular weight is 521 g/mol. The number of nitrogens with two attached hydrogens (primary N) is 1. The standard InChI is InChI=1S/C27H29ClN6O3/c1-4-22(18-6-5-7-19(28)15-18)32-27(37)34-24(26(36)33(3)20-9-11-30-16(2)12-20)21(25(34)35)13-17-8-10-31-23(29)14-17/h5-12,14-15,21-22,24H,4,13H2,1-3H3,(H2,29,31)(H,32,37)/t21-,22?,24+/m1/s1. The first kappa shape index (κ1) is 26.1. The van der Waals surface area contributed by atoms with Crippen molar-refractivity contribution >= 4 is 41.0 Å². The molecule has 1 fully saturated rings. The van der Waals surface area contributed by atoms with E-state index in [1.165, 1.54) is 4.90 Å². The maximum absolute atomic E-state index is 13.7. The Hall–Kier alpha value is -3.98. The Morgan fingerprint density at radius 1 is 1.16 bits per heavy atom. The number of nitrogens with zero attached hydrogens (tertiary/aromatic N) is 4. The van der Waals surface area contributed by atoms with Gasteiger partial charge in [-0.2, -0.15) is 0 Å². The van der Waals surface area contributed by atoms with Crippen molar-refractivity contribution in [3.05, 3.63) is 82.8 Å². The van der Waals surface area contributed by atoms with Gasteiger partial charge >= 0.3 is 6.03 Å². The zero-order valence-electron chi connectivity index (χ0n) is 20.9. The molecule has 0 radical (unpaired) electrons. The summed E-state index contributed by atoms with van der Waals surface area (Å²) in [5, 5.41) is 3.45. The van der Waals surface area contributed by atoms with E-state index >= 15 is 0 Å². The second kappa shape index (κ2) is 11.0. The molecule has 1 aliphatic rings. The van der Waals surface area contributed by atoms with Gasteiger partial charge in [0.05, 0.1) is 12.0 Å². The summed E-state index contributed by atoms with van der Waals surface area (Å²) in [6.07, 6.45) is 3.99. The molecule has 3 aromatic rings. The first-order chi connectivity index (χ1) is 17.7. The Labute approximate surface area is 220 Å². The number of β-lactam (4-membered cyclic amide) rings is 1. The van der Waals surface area contributed by atoms with Gasteiger partial charge in [0.15, 0.2) is 0 Å². The number of hydrogen-bond acceptors (Lipinski definition) is 6. The summed E-state index contributed by atoms with van der Waals surface area (Å²) < 4.78 is 0. The minimum Gasteiger partial charge on any atom is -0.384 e. The molecule has 37 heavy (non-hydrogen) atoms. The highest BCUT2D eigenvalue weighted by molar-refractivity contribution is 6.30. The largest absolute Gasteiger partial charge is 0.384 e. The molecule has 10 heteroatoms. The number of rotatable bonds is 7. The lowest BCUT2D eigenvalue weighted by Crippen LogP contribution is -2.70. The van der Waals surface area contributed by atoms with Crippen LogP contribution < -0.4 is 16.0 Å². The van der Waals surface area contributed by atoms with Crippen LogP contribution in [0, 0.1) is 12.8 Å². The van der Waals surface area contributed by atoms with E-state index in [-0.39, 0.29) is 18.4 Å². The number of halogens is 1. The molecule has 3 heterocycles. The third-order valence-corrected chi connectivity index (χ3v) is 6.78. The number of benzene rings is 1. The molecular formula is C27H29ClN6O3. The second-order valence-corrected chi connectivity index (χ2v) is 9.51. The second-order valence-electron chi connectivity index (χ2n) is 9.07. The van der Waals surface area contributed by atoms with Gasteiger partial charge in [-0.3, -0.25) is 19.5 Å². The average Bonchev–Trinajstić information content (AvgIpc) is 2.87. The molecule has 1 saturated heterocycles. The number of nitrogen functional groups attached to an aromatic ring is 1. The number of nitrogens with one attached hydrogen (secondary N) is 1. The van der Waals surface area contributed by atoms with Crippen LogP contribution in [0.2, 0.25) is 5.02 Å². The Balaban J connectivity index is 1.61. The summed E-state index contributed by atoms with van der Waals surface area (Å²) >= 11 is 6.14. The fourth-order valence-corrected chi connectivity index (χ4v) is 4.76. The van der Waals surface area contributed by atoms with E-state index < -0.39 is 23.9 Å². The number of imide groups is 1. The fraction of sp³-hybridized carbons (Fsp3) is 0.296. The highest BCUT2D eigenvalue weighted by Gasteiger charge is 2.55. The number of carbonyl (C=O) groups excluding carboxylic acids is 3. The van der Waals surface area contributed by atoms with Crippen LogP contribution in [0.15, 0.2) is 60.9 Å². The minimum atomic E-state index is -0.989. The maximum atomic E-state index is 13.7. The van der Waals surface area contributed by atoms with Gasteiger partial charge in [-0.15, -0.1) is 0 Å². The number of likely N-dealkylation sites (N-methyl/N-ethyl adjacent to an activating group) is 1. The van der Waals surface area contributed by atoms with Gasteiger partial charge in [-0.1, -0.05) is 30.7 Å². The van der Waals surface area contributed by atoms with Crippen molar-refractivity contribution in [2.75, 3.05) is 17.7 Å². The summed E-state index contributed by atoms with van der Waals surface area (Å²) in [6.45, 7) is 3.74. The van der Waals surface area contributed by atoms with Crippen molar-refractivity contribution < 1.29 is 14.4 Å². The van der Waals surface area contributed by atoms with Crippen LogP contribution in [-0.4, -0.2) is 45.8 Å². The Bertz CT molecular complexity index is 1330. The third-order valence-electron chi connectivity index (χ3n) is 6.54. The van der Waals surface area contributed by atoms with Crippen LogP contribution in [0.1, 0.15) is 36.2 Å². The van der Waals surface area contributed by atoms with Gasteiger partial charge < -0.3 is 16.0 Å². The molecule has 1 unspecified atom stereocenters. The van der Waals surface area contributed by atoms with Gasteiger partial charge in [0, 0.05) is 35.8 Å². The lowest BCUT2D eigenvalue weighted by molar-refractivity contribution is -0.156. The third kappa shape index (κ3) is 5.56. The Kier molecular flexibility index (Phi) is 7.73. The first-order valence-electron chi connectivity index (χ1n) is 12.0. The molecule has 3 atom stereocenters. The molecule has 9 nitrogen and oxygen atoms in total. The molecular weight excluding hydrogens is 492 g/mol. The smallest absolute Gasteiger partial charge is 0.325 e. The molecule has 4 rings (SSSR count). The quantitative estimate of drug-likeness (QED) is 0.455. The molecule has 0 bridgehead atoms. The number of carbonyl (C=O) groups is 3. The van der Waals surface area contributed by atoms with Gasteiger partial charge in [-0.25, -0.2) is 9.78 Å². The molecule has 2 aromatic heterocycles. The zero-order valence-corrected chi connectivity index (χ0v) is 21.6. The van der Waals surface area contributed by atoms with Crippen LogP contribution in [-0.2, 0) is 16.0 Å². The lowest BCUT2D eigenvalue weighted by Gasteiger charge is -2.46. The predicted octanol–water partition coefficient (Wildman–Crippen LogP) is 3.91. The molecule has 4 amide bonds. The number of hydrogen-bond donors (Lipinski definition) is 2. The fourth-order valence-electron chi connectivity index (χ4n) is 4.56. The van der Waals surface area contributed by atoms with E-state index in [1.807, 2.05) is 19.9 Å². The predicted molar refractivity (Wildman–Crippen MR) is 142 cm³/mol. The zero-order chi connectivity index (χ0) is 26.7. The molecule has 0 aliphatic carbocycles. The van der Waals surface area contributed by atoms with E-state index in [2.05, 4.69) is 15.3 Å². The molecule has 1 aromatic carbocycles. The van der Waals surface area contributed by atoms with Gasteiger partial charge in [0.2, 0.25) is 5.91 Å². The first-order valence-corrected chi connectivity index (χ1v) is 12.4. The van der Waals surface area contributed by atoms with Gasteiger partial charge in [0.25, 0.3) is 5.91 Å². The van der Waals surface area contributed by atoms with Crippen LogP contribution >= 0.6 is 11.6 Å². The molecule has 3 N–H and O–H groups in total. The Morgan fingerprint density at radius 3 is 2.59 bits per heavy atom. The maximum Gasteiger partial charge on any atom is 0.325 e. The molecule has 0 saturated carbocycles. The number of aryl methyl sites for hydroxylation is 1. The lowest BCUT2D eigenvalue weighted by atomic mass is 9.81. The topological polar surface area (TPSA) is 122 Å². The van der Waals surface area contributed by atoms with E-state index in [9.17, 15) is 14.4 Å². The molecule has 192 valence electrons. The number of urea groups is 1. The number of anilines is 2. The van der Waals surface area contributed by atoms with Crippen LogP contribution in [0.4, 0.5) is 16.3 Å². The van der Waals surface area contributed by atoms with E-state index in [1.54, 1.807) is 61.9 Å². The van der Waals surface area contributed by atoms with Crippen LogP contribution in [0.25, 0.3) is 0 Å². The highest BCUT2D eigenvalue weighted by Crippen LogP contribution is 2.33. The Morgan fingerprint density at radius 2 is 1.92 bits per heavy atom. The number of likely N-dealkylation sites (tertiary alicyclic amines) is 1. The summed E-state index contributed by atoms with van der Waals surface area (Å²) in [6, 6.07) is 12.1. The number of aromatic nitrogens is 2. The number of amides is 4. The van der Waals surface area contributed by atoms with Gasteiger partial charge in [-0.05, 0) is 67.3 Å². The van der Waals surface area contributed by atoms with Crippen molar-refractivity contribution in [2.45, 2.75) is 38.8 Å². The SMILES string of the molecule is CCC(NC(=O)N1C(=O)[C@H](Cc2ccnc(N)c2)[C@H]1C(=O)N(C)c1ccnc(C)c1)c1cccc(Cl)c1. The number of pyridine rings is 2. The van der Waals surface area contributed by atoms with E-state index in [4.69, 9.17) is 17.3 Å². The van der Waals surface area contributed by atoms with Crippen molar-refractivity contribution in [3.8, 4) is 0 Å². The van der Waals surface area contributed by atoms with E-state index in [0.717, 1.165) is 21.7 Å². The summed E-state index contributed by atoms with van der Waals surface area (Å²) in [5.74, 6) is -1.20. The highest BCUT2D eigenvalue weighted by atomic mass is 35.5. The summed E-state index contributed by atoms with van der Waals surface area (Å²) in [5.41, 5.74) is 8.75.